The molecular formula is C42H45NO6. The van der Waals surface area contributed by atoms with E-state index in [1.807, 2.05) is 94.4 Å². The van der Waals surface area contributed by atoms with Crippen LogP contribution in [0, 0.1) is 5.41 Å². The van der Waals surface area contributed by atoms with Gasteiger partial charge in [-0.05, 0) is 117 Å². The van der Waals surface area contributed by atoms with Crippen LogP contribution in [0.25, 0.3) is 16.8 Å². The summed E-state index contributed by atoms with van der Waals surface area (Å²) >= 11 is 0. The maximum Gasteiger partial charge on any atom is 0.189 e. The largest absolute Gasteiger partial charge is 0.490 e. The number of carbonyl (C=O) groups is 2. The molecule has 0 amide bonds. The SMILES string of the molecule is CCOc1ccc(/C=C2\CCC[C@@]3(C2=O)[C@@H](c2ccc(OCC)c(OCC)c2)C(C)N[C@@]32C(=O)c3cccc4cccc2c34)cc1OCC. The molecule has 7 nitrogen and oxygen atoms in total. The Hall–Kier alpha value is -4.62. The molecule has 4 aromatic rings. The van der Waals surface area contributed by atoms with Gasteiger partial charge in [-0.25, -0.2) is 0 Å². The number of rotatable bonds is 10. The van der Waals surface area contributed by atoms with Crippen molar-refractivity contribution >= 4 is 28.4 Å². The summed E-state index contributed by atoms with van der Waals surface area (Å²) in [5, 5.41) is 5.78. The van der Waals surface area contributed by atoms with Gasteiger partial charge in [-0.1, -0.05) is 48.5 Å². The Kier molecular flexibility index (Phi) is 8.74. The molecule has 3 aliphatic rings. The van der Waals surface area contributed by atoms with Gasteiger partial charge in [-0.2, -0.15) is 0 Å². The van der Waals surface area contributed by atoms with Gasteiger partial charge >= 0.3 is 0 Å². The second kappa shape index (κ2) is 13.0. The van der Waals surface area contributed by atoms with E-state index >= 15 is 9.59 Å². The lowest BCUT2D eigenvalue weighted by molar-refractivity contribution is -0.130. The summed E-state index contributed by atoms with van der Waals surface area (Å²) in [6.45, 7) is 11.9. The summed E-state index contributed by atoms with van der Waals surface area (Å²) < 4.78 is 23.8. The third kappa shape index (κ3) is 4.96. The maximum atomic E-state index is 15.6. The first-order valence-electron chi connectivity index (χ1n) is 17.7. The summed E-state index contributed by atoms with van der Waals surface area (Å²) in [4.78, 5) is 30.8. The van der Waals surface area contributed by atoms with Crippen molar-refractivity contribution in [2.75, 3.05) is 26.4 Å². The van der Waals surface area contributed by atoms with Gasteiger partial charge in [0.1, 0.15) is 5.54 Å². The van der Waals surface area contributed by atoms with Crippen LogP contribution in [-0.4, -0.2) is 44.0 Å². The van der Waals surface area contributed by atoms with E-state index in [-0.39, 0.29) is 23.5 Å². The van der Waals surface area contributed by atoms with Gasteiger partial charge in [0.15, 0.2) is 34.6 Å². The molecule has 7 heteroatoms. The highest BCUT2D eigenvalue weighted by atomic mass is 16.5. The van der Waals surface area contributed by atoms with Crippen LogP contribution in [0.1, 0.15) is 86.8 Å². The molecule has 0 bridgehead atoms. The van der Waals surface area contributed by atoms with Gasteiger partial charge in [-0.15, -0.1) is 0 Å². The zero-order valence-electron chi connectivity index (χ0n) is 29.1. The van der Waals surface area contributed by atoms with Gasteiger partial charge in [0.25, 0.3) is 0 Å². The van der Waals surface area contributed by atoms with Gasteiger partial charge in [0.2, 0.25) is 0 Å². The van der Waals surface area contributed by atoms with Gasteiger partial charge in [0.05, 0.1) is 31.8 Å². The van der Waals surface area contributed by atoms with Crippen LogP contribution in [0.5, 0.6) is 23.0 Å². The van der Waals surface area contributed by atoms with Crippen molar-refractivity contribution in [2.24, 2.45) is 5.41 Å². The van der Waals surface area contributed by atoms with E-state index < -0.39 is 11.0 Å². The minimum absolute atomic E-state index is 0.0115. The topological polar surface area (TPSA) is 83.1 Å². The number of benzene rings is 4. The summed E-state index contributed by atoms with van der Waals surface area (Å²) in [5.74, 6) is 2.29. The zero-order chi connectivity index (χ0) is 34.3. The lowest BCUT2D eigenvalue weighted by Gasteiger charge is -2.47. The first kappa shape index (κ1) is 32.9. The zero-order valence-corrected chi connectivity index (χ0v) is 29.1. The predicted molar refractivity (Wildman–Crippen MR) is 192 cm³/mol. The standard InChI is InChI=1S/C42H45NO6/c1-6-46-33-20-18-27(24-35(33)48-8-3)23-30-15-12-22-41(39(30)44)38(29-19-21-34(47-7-2)36(25-29)49-9-4)26(5)43-42(41)32-17-11-14-28-13-10-16-31(37(28)32)40(42)45/h10-11,13-14,16-21,23-26,38,43H,6-9,12,15,22H2,1-5H3/b30-23+/t26?,38-,41+,42+/m1/s1. The maximum absolute atomic E-state index is 15.6. The van der Waals surface area contributed by atoms with E-state index in [4.69, 9.17) is 18.9 Å². The Morgan fingerprint density at radius 2 is 1.39 bits per heavy atom. The molecule has 1 saturated heterocycles. The molecule has 0 radical (unpaired) electrons. The molecule has 1 aliphatic heterocycles. The lowest BCUT2D eigenvalue weighted by Crippen LogP contribution is -2.59. The minimum atomic E-state index is -1.24. The van der Waals surface area contributed by atoms with Crippen molar-refractivity contribution in [3.05, 3.63) is 101 Å². The first-order chi connectivity index (χ1) is 23.8. The van der Waals surface area contributed by atoms with E-state index in [0.717, 1.165) is 33.9 Å². The fraction of sp³-hybridized carbons (Fsp3) is 0.381. The molecule has 1 N–H and O–H groups in total. The molecule has 4 atom stereocenters. The highest BCUT2D eigenvalue weighted by Crippen LogP contribution is 2.66. The van der Waals surface area contributed by atoms with Crippen molar-refractivity contribution in [2.45, 2.75) is 71.4 Å². The molecule has 2 aliphatic carbocycles. The quantitative estimate of drug-likeness (QED) is 0.171. The average Bonchev–Trinajstić information content (AvgIpc) is 3.50. The van der Waals surface area contributed by atoms with Crippen molar-refractivity contribution in [3.63, 3.8) is 0 Å². The van der Waals surface area contributed by atoms with Gasteiger partial charge in [0, 0.05) is 17.5 Å². The van der Waals surface area contributed by atoms with Gasteiger partial charge < -0.3 is 18.9 Å². The van der Waals surface area contributed by atoms with E-state index in [1.165, 1.54) is 0 Å². The molecule has 49 heavy (non-hydrogen) atoms. The highest BCUT2D eigenvalue weighted by molar-refractivity contribution is 6.24. The highest BCUT2D eigenvalue weighted by Gasteiger charge is 2.73. The van der Waals surface area contributed by atoms with Crippen molar-refractivity contribution in [1.29, 1.82) is 0 Å². The van der Waals surface area contributed by atoms with E-state index in [0.29, 0.717) is 73.4 Å². The van der Waals surface area contributed by atoms with Crippen LogP contribution in [0.3, 0.4) is 0 Å². The van der Waals surface area contributed by atoms with Crippen LogP contribution in [-0.2, 0) is 10.3 Å². The molecule has 254 valence electrons. The van der Waals surface area contributed by atoms with Gasteiger partial charge in [-0.3, -0.25) is 14.9 Å². The Morgan fingerprint density at radius 3 is 2.08 bits per heavy atom. The average molecular weight is 660 g/mol. The molecular weight excluding hydrogens is 614 g/mol. The van der Waals surface area contributed by atoms with Crippen LogP contribution >= 0.6 is 0 Å². The number of ketones is 2. The summed E-state index contributed by atoms with van der Waals surface area (Å²) in [5.41, 5.74) is 1.75. The predicted octanol–water partition coefficient (Wildman–Crippen LogP) is 8.42. The van der Waals surface area contributed by atoms with E-state index in [2.05, 4.69) is 24.4 Å². The van der Waals surface area contributed by atoms with Crippen LogP contribution in [0.15, 0.2) is 78.4 Å². The number of carbonyl (C=O) groups excluding carboxylic acids is 2. The Balaban J connectivity index is 1.44. The third-order valence-corrected chi connectivity index (χ3v) is 10.6. The van der Waals surface area contributed by atoms with Crippen LogP contribution in [0.4, 0.5) is 0 Å². The molecule has 4 aromatic carbocycles. The number of ether oxygens (including phenoxy) is 4. The van der Waals surface area contributed by atoms with Crippen molar-refractivity contribution < 1.29 is 28.5 Å². The fourth-order valence-electron chi connectivity index (χ4n) is 9.02. The number of allylic oxidation sites excluding steroid dienone is 1. The second-order valence-corrected chi connectivity index (χ2v) is 13.2. The molecule has 7 rings (SSSR count). The fourth-order valence-corrected chi connectivity index (χ4v) is 9.02. The number of fused-ring (bicyclic) bond motifs is 2. The minimum Gasteiger partial charge on any atom is -0.490 e. The molecule has 1 saturated carbocycles. The first-order valence-corrected chi connectivity index (χ1v) is 17.7. The molecule has 2 fully saturated rings. The normalized spacial score (nSPS) is 25.1. The van der Waals surface area contributed by atoms with Crippen LogP contribution < -0.4 is 24.3 Å². The van der Waals surface area contributed by atoms with Crippen molar-refractivity contribution in [1.82, 2.24) is 5.32 Å². The number of hydrogen-bond acceptors (Lipinski definition) is 7. The second-order valence-electron chi connectivity index (χ2n) is 13.2. The Labute approximate surface area is 288 Å². The smallest absolute Gasteiger partial charge is 0.189 e. The monoisotopic (exact) mass is 659 g/mol. The summed E-state index contributed by atoms with van der Waals surface area (Å²) in [7, 11) is 0. The molecule has 1 unspecified atom stereocenters. The third-order valence-electron chi connectivity index (χ3n) is 10.6. The van der Waals surface area contributed by atoms with Crippen molar-refractivity contribution in [3.8, 4) is 23.0 Å². The molecule has 1 heterocycles. The Bertz CT molecular complexity index is 1960. The van der Waals surface area contributed by atoms with E-state index in [9.17, 15) is 0 Å². The summed E-state index contributed by atoms with van der Waals surface area (Å²) in [6.07, 6.45) is 3.93. The number of hydrogen-bond donors (Lipinski definition) is 1. The molecule has 0 aromatic heterocycles. The lowest BCUT2D eigenvalue weighted by atomic mass is 9.52. The van der Waals surface area contributed by atoms with E-state index in [1.54, 1.807) is 0 Å². The Morgan fingerprint density at radius 1 is 0.755 bits per heavy atom. The van der Waals surface area contributed by atoms with Crippen LogP contribution in [0.2, 0.25) is 0 Å². The number of Topliss-reactive ketones (excluding diaryl/α,β-unsaturated/α-hetero) is 2. The summed E-state index contributed by atoms with van der Waals surface area (Å²) in [6, 6.07) is 23.6. The molecule has 2 spiro atoms. The number of nitrogens with one attached hydrogen (secondary N) is 1.